The number of carbonyl (C=O) groups excluding carboxylic acids is 1. The van der Waals surface area contributed by atoms with Crippen molar-refractivity contribution < 1.29 is 9.18 Å². The zero-order valence-corrected chi connectivity index (χ0v) is 17.0. The Bertz CT molecular complexity index is 939. The highest BCUT2D eigenvalue weighted by atomic mass is 32.2. The number of amides is 1. The van der Waals surface area contributed by atoms with Crippen LogP contribution in [0.25, 0.3) is 0 Å². The van der Waals surface area contributed by atoms with Gasteiger partial charge in [0.05, 0.1) is 5.75 Å². The first-order valence-electron chi connectivity index (χ1n) is 9.40. The lowest BCUT2D eigenvalue weighted by molar-refractivity contribution is -0.128. The van der Waals surface area contributed by atoms with Crippen molar-refractivity contribution in [2.24, 2.45) is 0 Å². The van der Waals surface area contributed by atoms with Gasteiger partial charge in [-0.15, -0.1) is 0 Å². The minimum atomic E-state index is -0.271. The van der Waals surface area contributed by atoms with Crippen LogP contribution in [0.4, 0.5) is 10.2 Å². The zero-order chi connectivity index (χ0) is 20.5. The van der Waals surface area contributed by atoms with E-state index in [1.807, 2.05) is 42.2 Å². The monoisotopic (exact) mass is 410 g/mol. The van der Waals surface area contributed by atoms with E-state index in [0.717, 1.165) is 5.56 Å². The van der Waals surface area contributed by atoms with Gasteiger partial charge in [0.25, 0.3) is 0 Å². The van der Waals surface area contributed by atoms with Gasteiger partial charge in [-0.25, -0.2) is 14.4 Å². The molecule has 0 atom stereocenters. The Labute approximate surface area is 174 Å². The predicted octanol–water partition coefficient (Wildman–Crippen LogP) is 4.37. The number of hydrogen-bond donors (Lipinski definition) is 1. The average molecular weight is 411 g/mol. The normalized spacial score (nSPS) is 10.6. The molecule has 0 saturated carbocycles. The third-order valence-electron chi connectivity index (χ3n) is 4.35. The summed E-state index contributed by atoms with van der Waals surface area (Å²) in [6.45, 7) is 3.47. The highest BCUT2D eigenvalue weighted by Gasteiger charge is 2.15. The van der Waals surface area contributed by atoms with Crippen molar-refractivity contribution in [2.75, 3.05) is 17.6 Å². The summed E-state index contributed by atoms with van der Waals surface area (Å²) in [6.07, 6.45) is 3.16. The molecule has 0 aliphatic heterocycles. The Hall–Kier alpha value is -2.93. The summed E-state index contributed by atoms with van der Waals surface area (Å²) in [5, 5.41) is 3.74. The number of thioether (sulfide) groups is 1. The lowest BCUT2D eigenvalue weighted by Gasteiger charge is -2.21. The second-order valence-electron chi connectivity index (χ2n) is 6.34. The molecule has 0 spiro atoms. The maximum atomic E-state index is 13.8. The van der Waals surface area contributed by atoms with Crippen LogP contribution >= 0.6 is 11.8 Å². The van der Waals surface area contributed by atoms with E-state index >= 15 is 0 Å². The molecule has 0 saturated heterocycles. The molecule has 0 unspecified atom stereocenters. The third-order valence-corrected chi connectivity index (χ3v) is 5.32. The van der Waals surface area contributed by atoms with E-state index in [-0.39, 0.29) is 17.5 Å². The standard InChI is InChI=1S/C22H23FN4OS/c1-2-27(15-17-8-4-3-5-9-17)20(28)16-29-22-21(24-12-13-25-22)26-14-18-10-6-7-11-19(18)23/h3-13H,2,14-16H2,1H3,(H,24,26). The fourth-order valence-electron chi connectivity index (χ4n) is 2.77. The smallest absolute Gasteiger partial charge is 0.233 e. The molecule has 0 fully saturated rings. The highest BCUT2D eigenvalue weighted by molar-refractivity contribution is 8.00. The number of benzene rings is 2. The largest absolute Gasteiger partial charge is 0.364 e. The van der Waals surface area contributed by atoms with E-state index < -0.39 is 0 Å². The molecule has 0 radical (unpaired) electrons. The molecule has 1 aromatic heterocycles. The molecule has 29 heavy (non-hydrogen) atoms. The van der Waals surface area contributed by atoms with E-state index in [1.54, 1.807) is 30.6 Å². The van der Waals surface area contributed by atoms with Gasteiger partial charge >= 0.3 is 0 Å². The van der Waals surface area contributed by atoms with Crippen molar-refractivity contribution in [1.29, 1.82) is 0 Å². The van der Waals surface area contributed by atoms with Crippen molar-refractivity contribution in [2.45, 2.75) is 25.0 Å². The number of anilines is 1. The fourth-order valence-corrected chi connectivity index (χ4v) is 3.61. The molecule has 1 N–H and O–H groups in total. The van der Waals surface area contributed by atoms with Crippen LogP contribution in [0.3, 0.4) is 0 Å². The lowest BCUT2D eigenvalue weighted by Crippen LogP contribution is -2.31. The van der Waals surface area contributed by atoms with Gasteiger partial charge in [-0.2, -0.15) is 0 Å². The molecule has 1 heterocycles. The van der Waals surface area contributed by atoms with E-state index in [2.05, 4.69) is 15.3 Å². The van der Waals surface area contributed by atoms with Crippen LogP contribution in [0.15, 0.2) is 72.0 Å². The summed E-state index contributed by atoms with van der Waals surface area (Å²) in [7, 11) is 0. The number of carbonyl (C=O) groups is 1. The molecule has 1 amide bonds. The molecule has 2 aromatic carbocycles. The minimum absolute atomic E-state index is 0.0343. The number of nitrogens with one attached hydrogen (secondary N) is 1. The van der Waals surface area contributed by atoms with Gasteiger partial charge in [0, 0.05) is 37.6 Å². The van der Waals surface area contributed by atoms with Gasteiger partial charge in [-0.3, -0.25) is 4.79 Å². The average Bonchev–Trinajstić information content (AvgIpc) is 2.76. The predicted molar refractivity (Wildman–Crippen MR) is 114 cm³/mol. The summed E-state index contributed by atoms with van der Waals surface area (Å²) in [5.41, 5.74) is 1.64. The lowest BCUT2D eigenvalue weighted by atomic mass is 10.2. The van der Waals surface area contributed by atoms with Gasteiger partial charge in [-0.1, -0.05) is 60.3 Å². The zero-order valence-electron chi connectivity index (χ0n) is 16.2. The van der Waals surface area contributed by atoms with Gasteiger partial charge in [0.2, 0.25) is 5.91 Å². The van der Waals surface area contributed by atoms with Crippen LogP contribution in [-0.2, 0) is 17.9 Å². The van der Waals surface area contributed by atoms with E-state index in [1.165, 1.54) is 17.8 Å². The molecule has 0 bridgehead atoms. The first-order chi connectivity index (χ1) is 14.2. The van der Waals surface area contributed by atoms with Crippen LogP contribution in [-0.4, -0.2) is 33.1 Å². The van der Waals surface area contributed by atoms with E-state index in [9.17, 15) is 9.18 Å². The first kappa shape index (κ1) is 20.8. The third kappa shape index (κ3) is 6.02. The molecule has 7 heteroatoms. The summed E-state index contributed by atoms with van der Waals surface area (Å²) in [5.74, 6) is 0.563. The topological polar surface area (TPSA) is 58.1 Å². The van der Waals surface area contributed by atoms with Gasteiger partial charge in [-0.05, 0) is 18.6 Å². The van der Waals surface area contributed by atoms with Crippen LogP contribution in [0.2, 0.25) is 0 Å². The Balaban J connectivity index is 1.60. The fraction of sp³-hybridized carbons (Fsp3) is 0.227. The van der Waals surface area contributed by atoms with E-state index in [0.29, 0.717) is 36.0 Å². The van der Waals surface area contributed by atoms with Crippen LogP contribution in [0, 0.1) is 5.82 Å². The molecule has 3 aromatic rings. The summed E-state index contributed by atoms with van der Waals surface area (Å²) in [6, 6.07) is 16.5. The van der Waals surface area contributed by atoms with Crippen molar-refractivity contribution in [3.05, 3.63) is 83.9 Å². The Morgan fingerprint density at radius 1 is 1.07 bits per heavy atom. The van der Waals surface area contributed by atoms with Gasteiger partial charge in [0.1, 0.15) is 10.8 Å². The Morgan fingerprint density at radius 2 is 1.79 bits per heavy atom. The Morgan fingerprint density at radius 3 is 2.55 bits per heavy atom. The summed E-state index contributed by atoms with van der Waals surface area (Å²) in [4.78, 5) is 23.1. The quantitative estimate of drug-likeness (QED) is 0.531. The van der Waals surface area contributed by atoms with Crippen LogP contribution < -0.4 is 5.32 Å². The highest BCUT2D eigenvalue weighted by Crippen LogP contribution is 2.23. The summed E-state index contributed by atoms with van der Waals surface area (Å²) < 4.78 is 13.8. The van der Waals surface area contributed by atoms with Crippen molar-refractivity contribution in [3.63, 3.8) is 0 Å². The SMILES string of the molecule is CCN(Cc1ccccc1)C(=O)CSc1nccnc1NCc1ccccc1F. The van der Waals surface area contributed by atoms with Crippen molar-refractivity contribution >= 4 is 23.5 Å². The second kappa shape index (κ2) is 10.6. The number of hydrogen-bond acceptors (Lipinski definition) is 5. The Kier molecular flexibility index (Phi) is 7.58. The molecule has 150 valence electrons. The number of halogens is 1. The molecular weight excluding hydrogens is 387 g/mol. The molecule has 0 aliphatic rings. The number of rotatable bonds is 9. The summed E-state index contributed by atoms with van der Waals surface area (Å²) >= 11 is 1.33. The first-order valence-corrected chi connectivity index (χ1v) is 10.4. The molecule has 5 nitrogen and oxygen atoms in total. The number of aromatic nitrogens is 2. The van der Waals surface area contributed by atoms with Crippen LogP contribution in [0.5, 0.6) is 0 Å². The van der Waals surface area contributed by atoms with Crippen molar-refractivity contribution in [3.8, 4) is 0 Å². The van der Waals surface area contributed by atoms with E-state index in [4.69, 9.17) is 0 Å². The second-order valence-corrected chi connectivity index (χ2v) is 7.30. The molecular formula is C22H23FN4OS. The van der Waals surface area contributed by atoms with Crippen molar-refractivity contribution in [1.82, 2.24) is 14.9 Å². The van der Waals surface area contributed by atoms with Crippen LogP contribution in [0.1, 0.15) is 18.1 Å². The van der Waals surface area contributed by atoms with Gasteiger partial charge < -0.3 is 10.2 Å². The number of nitrogens with zero attached hydrogens (tertiary/aromatic N) is 3. The molecule has 0 aliphatic carbocycles. The maximum absolute atomic E-state index is 13.8. The maximum Gasteiger partial charge on any atom is 0.233 e. The van der Waals surface area contributed by atoms with Gasteiger partial charge in [0.15, 0.2) is 5.82 Å². The minimum Gasteiger partial charge on any atom is -0.364 e. The molecule has 3 rings (SSSR count).